The summed E-state index contributed by atoms with van der Waals surface area (Å²) in [5.41, 5.74) is 0.773. The van der Waals surface area contributed by atoms with Gasteiger partial charge in [-0.25, -0.2) is 0 Å². The fraction of sp³-hybridized carbons (Fsp3) is 0.312. The molecule has 0 bridgehead atoms. The minimum absolute atomic E-state index is 0.0616. The number of hydrogen-bond donors (Lipinski definition) is 2. The first-order valence-corrected chi connectivity index (χ1v) is 8.13. The molecular weight excluding hydrogens is 413 g/mol. The highest BCUT2D eigenvalue weighted by Gasteiger charge is 2.41. The molecule has 1 unspecified atom stereocenters. The zero-order valence-corrected chi connectivity index (χ0v) is 14.6. The number of carboxylic acids is 1. The van der Waals surface area contributed by atoms with Crippen LogP contribution < -0.4 is 0 Å². The van der Waals surface area contributed by atoms with Crippen LogP contribution >= 0.6 is 22.6 Å². The highest BCUT2D eigenvalue weighted by Crippen LogP contribution is 2.37. The van der Waals surface area contributed by atoms with E-state index in [-0.39, 0.29) is 30.7 Å². The summed E-state index contributed by atoms with van der Waals surface area (Å²) in [6.07, 6.45) is 0.166. The quantitative estimate of drug-likeness (QED) is 0.678. The maximum absolute atomic E-state index is 12.3. The van der Waals surface area contributed by atoms with Crippen LogP contribution in [0.2, 0.25) is 0 Å². The number of aliphatic carboxylic acids is 1. The van der Waals surface area contributed by atoms with Crippen molar-refractivity contribution in [2.24, 2.45) is 0 Å². The molecule has 1 aliphatic rings. The van der Waals surface area contributed by atoms with Crippen LogP contribution in [-0.2, 0) is 14.4 Å². The predicted molar refractivity (Wildman–Crippen MR) is 90.8 cm³/mol. The van der Waals surface area contributed by atoms with Gasteiger partial charge in [0.25, 0.3) is 5.91 Å². The predicted octanol–water partition coefficient (Wildman–Crippen LogP) is 2.44. The van der Waals surface area contributed by atoms with E-state index in [2.05, 4.69) is 22.6 Å². The van der Waals surface area contributed by atoms with Gasteiger partial charge in [0, 0.05) is 16.5 Å². The van der Waals surface area contributed by atoms with Gasteiger partial charge in [0.15, 0.2) is 11.5 Å². The third-order valence-corrected chi connectivity index (χ3v) is 4.38. The van der Waals surface area contributed by atoms with Crippen molar-refractivity contribution in [2.75, 3.05) is 6.54 Å². The monoisotopic (exact) mass is 429 g/mol. The van der Waals surface area contributed by atoms with Gasteiger partial charge in [-0.15, -0.1) is 0 Å². The van der Waals surface area contributed by atoms with Gasteiger partial charge in [0.1, 0.15) is 0 Å². The first kappa shape index (κ1) is 17.5. The summed E-state index contributed by atoms with van der Waals surface area (Å²) in [6, 6.07) is 6.62. The molecule has 0 saturated carbocycles. The Labute approximate surface area is 146 Å². The number of halogens is 1. The number of carbonyl (C=O) groups excluding carboxylic acids is 2. The summed E-state index contributed by atoms with van der Waals surface area (Å²) < 4.78 is 1.01. The third kappa shape index (κ3) is 3.72. The number of Topliss-reactive ketones (excluding diaryl/α,β-unsaturated/α-hetero) is 1. The first-order valence-electron chi connectivity index (χ1n) is 7.05. The summed E-state index contributed by atoms with van der Waals surface area (Å²) in [6.45, 7) is 1.46. The Bertz CT molecular complexity index is 680. The fourth-order valence-corrected chi connectivity index (χ4v) is 3.00. The van der Waals surface area contributed by atoms with Crippen molar-refractivity contribution < 1.29 is 24.6 Å². The zero-order chi connectivity index (χ0) is 17.1. The lowest BCUT2D eigenvalue weighted by atomic mass is 9.97. The van der Waals surface area contributed by atoms with Crippen LogP contribution in [0.1, 0.15) is 31.4 Å². The van der Waals surface area contributed by atoms with Crippen molar-refractivity contribution in [1.82, 2.24) is 4.90 Å². The van der Waals surface area contributed by atoms with Crippen LogP contribution in [0.5, 0.6) is 0 Å². The van der Waals surface area contributed by atoms with E-state index in [0.717, 1.165) is 3.57 Å². The van der Waals surface area contributed by atoms with E-state index in [1.165, 1.54) is 11.8 Å². The van der Waals surface area contributed by atoms with Gasteiger partial charge in [0.05, 0.1) is 11.6 Å². The van der Waals surface area contributed by atoms with E-state index in [4.69, 9.17) is 5.11 Å². The highest BCUT2D eigenvalue weighted by molar-refractivity contribution is 14.1. The molecule has 6 nitrogen and oxygen atoms in total. The minimum atomic E-state index is -0.952. The molecule has 1 heterocycles. The molecule has 122 valence electrons. The smallest absolute Gasteiger partial charge is 0.303 e. The van der Waals surface area contributed by atoms with Crippen LogP contribution in [0.4, 0.5) is 0 Å². The Hall–Kier alpha value is -1.90. The summed E-state index contributed by atoms with van der Waals surface area (Å²) in [5.74, 6) is -2.51. The number of rotatable bonds is 6. The minimum Gasteiger partial charge on any atom is -0.503 e. The van der Waals surface area contributed by atoms with Crippen molar-refractivity contribution in [3.63, 3.8) is 0 Å². The number of benzene rings is 1. The Kier molecular flexibility index (Phi) is 5.40. The van der Waals surface area contributed by atoms with E-state index in [1.54, 1.807) is 12.1 Å². The lowest BCUT2D eigenvalue weighted by Gasteiger charge is -2.26. The lowest BCUT2D eigenvalue weighted by Crippen LogP contribution is -2.32. The Balaban J connectivity index is 2.36. The zero-order valence-electron chi connectivity index (χ0n) is 12.5. The van der Waals surface area contributed by atoms with Crippen LogP contribution in [-0.4, -0.2) is 39.3 Å². The fourth-order valence-electron chi connectivity index (χ4n) is 2.64. The van der Waals surface area contributed by atoms with E-state index < -0.39 is 23.7 Å². The van der Waals surface area contributed by atoms with Gasteiger partial charge < -0.3 is 15.1 Å². The summed E-state index contributed by atoms with van der Waals surface area (Å²) >= 11 is 2.15. The van der Waals surface area contributed by atoms with Crippen molar-refractivity contribution in [3.8, 4) is 0 Å². The van der Waals surface area contributed by atoms with E-state index in [9.17, 15) is 19.5 Å². The number of aliphatic hydroxyl groups is 1. The summed E-state index contributed by atoms with van der Waals surface area (Å²) in [5, 5.41) is 18.8. The molecule has 0 fully saturated rings. The van der Waals surface area contributed by atoms with Crippen molar-refractivity contribution in [3.05, 3.63) is 44.7 Å². The average molecular weight is 429 g/mol. The molecule has 2 rings (SSSR count). The van der Waals surface area contributed by atoms with Crippen LogP contribution in [0, 0.1) is 3.57 Å². The number of nitrogens with zero attached hydrogens (tertiary/aromatic N) is 1. The molecule has 1 atom stereocenters. The summed E-state index contributed by atoms with van der Waals surface area (Å²) in [4.78, 5) is 36.2. The SMILES string of the molecule is CC(=O)C1=C(O)C(=O)N(CCCC(=O)O)C1c1ccc(I)cc1. The Morgan fingerprint density at radius 2 is 1.87 bits per heavy atom. The van der Waals surface area contributed by atoms with E-state index in [1.807, 2.05) is 12.1 Å². The molecule has 0 spiro atoms. The Morgan fingerprint density at radius 1 is 1.26 bits per heavy atom. The van der Waals surface area contributed by atoms with E-state index >= 15 is 0 Å². The second-order valence-corrected chi connectivity index (χ2v) is 6.51. The first-order chi connectivity index (χ1) is 10.8. The van der Waals surface area contributed by atoms with Crippen LogP contribution in [0.25, 0.3) is 0 Å². The Morgan fingerprint density at radius 3 is 2.39 bits per heavy atom. The molecule has 0 saturated heterocycles. The van der Waals surface area contributed by atoms with Gasteiger partial charge in [-0.3, -0.25) is 14.4 Å². The average Bonchev–Trinajstić information content (AvgIpc) is 2.72. The highest BCUT2D eigenvalue weighted by atomic mass is 127. The second kappa shape index (κ2) is 7.12. The van der Waals surface area contributed by atoms with Crippen LogP contribution in [0.3, 0.4) is 0 Å². The largest absolute Gasteiger partial charge is 0.503 e. The van der Waals surface area contributed by atoms with Crippen molar-refractivity contribution >= 4 is 40.3 Å². The molecule has 1 aromatic carbocycles. The van der Waals surface area contributed by atoms with Crippen molar-refractivity contribution in [2.45, 2.75) is 25.8 Å². The number of amides is 1. The van der Waals surface area contributed by atoms with Crippen LogP contribution in [0.15, 0.2) is 35.6 Å². The molecule has 1 amide bonds. The number of hydrogen-bond acceptors (Lipinski definition) is 4. The van der Waals surface area contributed by atoms with Gasteiger partial charge in [-0.1, -0.05) is 12.1 Å². The molecule has 7 heteroatoms. The second-order valence-electron chi connectivity index (χ2n) is 5.27. The molecule has 0 aliphatic carbocycles. The molecule has 1 aromatic rings. The van der Waals surface area contributed by atoms with Gasteiger partial charge in [0.2, 0.25) is 0 Å². The lowest BCUT2D eigenvalue weighted by molar-refractivity contribution is -0.138. The normalized spacial score (nSPS) is 17.7. The number of aliphatic hydroxyl groups excluding tert-OH is 1. The van der Waals surface area contributed by atoms with E-state index in [0.29, 0.717) is 5.56 Å². The number of carboxylic acid groups (broad SMARTS) is 1. The molecule has 0 aromatic heterocycles. The maximum atomic E-state index is 12.3. The van der Waals surface area contributed by atoms with Gasteiger partial charge in [-0.2, -0.15) is 0 Å². The summed E-state index contributed by atoms with van der Waals surface area (Å²) in [7, 11) is 0. The molecular formula is C16H16INO5. The molecule has 0 radical (unpaired) electrons. The third-order valence-electron chi connectivity index (χ3n) is 3.66. The standard InChI is InChI=1S/C16H16INO5/c1-9(19)13-14(10-4-6-11(17)7-5-10)18(16(23)15(13)22)8-2-3-12(20)21/h4-7,14,22H,2-3,8H2,1H3,(H,20,21). The molecule has 23 heavy (non-hydrogen) atoms. The maximum Gasteiger partial charge on any atom is 0.303 e. The number of carbonyl (C=O) groups is 3. The topological polar surface area (TPSA) is 94.9 Å². The van der Waals surface area contributed by atoms with Crippen molar-refractivity contribution in [1.29, 1.82) is 0 Å². The molecule has 1 aliphatic heterocycles. The number of ketones is 1. The molecule has 2 N–H and O–H groups in total. The van der Waals surface area contributed by atoms with Gasteiger partial charge in [-0.05, 0) is 53.6 Å². The van der Waals surface area contributed by atoms with Gasteiger partial charge >= 0.3 is 5.97 Å².